The number of hydrogen-bond donors (Lipinski definition) is 1. The van der Waals surface area contributed by atoms with Crippen molar-refractivity contribution in [3.63, 3.8) is 0 Å². The van der Waals surface area contributed by atoms with Gasteiger partial charge in [-0.15, -0.1) is 0 Å². The fraction of sp³-hybridized carbons (Fsp3) is 0.857. The molecule has 1 heterocycles. The molecule has 0 atom stereocenters. The molecule has 1 aliphatic rings. The average molecular weight is 286 g/mol. The number of carboxylic acids is 1. The van der Waals surface area contributed by atoms with Crippen LogP contribution in [-0.4, -0.2) is 66.8 Å². The van der Waals surface area contributed by atoms with E-state index in [1.54, 1.807) is 16.9 Å². The molecule has 116 valence electrons. The summed E-state index contributed by atoms with van der Waals surface area (Å²) in [6, 6.07) is -0.0142. The second-order valence-corrected chi connectivity index (χ2v) is 5.28. The number of nitrogens with zero attached hydrogens (tertiary/aromatic N) is 2. The fourth-order valence-corrected chi connectivity index (χ4v) is 2.64. The lowest BCUT2D eigenvalue weighted by molar-refractivity contribution is -0.152. The van der Waals surface area contributed by atoms with Gasteiger partial charge in [0.15, 0.2) is 0 Å². The molecule has 0 unspecified atom stereocenters. The lowest BCUT2D eigenvalue weighted by atomic mass is 9.76. The molecule has 0 aromatic carbocycles. The second kappa shape index (κ2) is 7.47. The first-order valence-electron chi connectivity index (χ1n) is 7.27. The van der Waals surface area contributed by atoms with Gasteiger partial charge in [-0.1, -0.05) is 6.92 Å². The van der Waals surface area contributed by atoms with Gasteiger partial charge in [0.2, 0.25) is 0 Å². The Kier molecular flexibility index (Phi) is 6.26. The Balaban J connectivity index is 2.59. The SMILES string of the molecule is CCN(CCOC)C(=O)N1CCC(CC)(C(=O)O)CC1. The van der Waals surface area contributed by atoms with E-state index in [2.05, 4.69) is 0 Å². The molecule has 1 rings (SSSR count). The van der Waals surface area contributed by atoms with Gasteiger partial charge in [0.25, 0.3) is 0 Å². The van der Waals surface area contributed by atoms with Crippen molar-refractivity contribution in [2.75, 3.05) is 39.9 Å². The van der Waals surface area contributed by atoms with Crippen molar-refractivity contribution < 1.29 is 19.4 Å². The molecule has 0 aromatic rings. The number of rotatable bonds is 6. The first kappa shape index (κ1) is 16.8. The maximum Gasteiger partial charge on any atom is 0.320 e. The maximum absolute atomic E-state index is 12.4. The van der Waals surface area contributed by atoms with Gasteiger partial charge in [0.05, 0.1) is 12.0 Å². The van der Waals surface area contributed by atoms with Crippen LogP contribution in [-0.2, 0) is 9.53 Å². The number of hydrogen-bond acceptors (Lipinski definition) is 3. The number of amides is 2. The summed E-state index contributed by atoms with van der Waals surface area (Å²) < 4.78 is 5.00. The minimum absolute atomic E-state index is 0.0142. The van der Waals surface area contributed by atoms with E-state index in [4.69, 9.17) is 4.74 Å². The van der Waals surface area contributed by atoms with Crippen LogP contribution < -0.4 is 0 Å². The third-order valence-electron chi connectivity index (χ3n) is 4.34. The molecule has 6 nitrogen and oxygen atoms in total. The van der Waals surface area contributed by atoms with Crippen LogP contribution in [0.15, 0.2) is 0 Å². The van der Waals surface area contributed by atoms with Gasteiger partial charge in [-0.3, -0.25) is 4.79 Å². The summed E-state index contributed by atoms with van der Waals surface area (Å²) in [5.41, 5.74) is -0.652. The topological polar surface area (TPSA) is 70.1 Å². The fourth-order valence-electron chi connectivity index (χ4n) is 2.64. The number of carbonyl (C=O) groups is 2. The number of likely N-dealkylation sites (N-methyl/N-ethyl adjacent to an activating group) is 1. The van der Waals surface area contributed by atoms with Crippen LogP contribution in [0.5, 0.6) is 0 Å². The first-order valence-corrected chi connectivity index (χ1v) is 7.27. The van der Waals surface area contributed by atoms with Gasteiger partial charge in [0, 0.05) is 33.3 Å². The normalized spacial score (nSPS) is 17.9. The molecule has 1 aliphatic heterocycles. The van der Waals surface area contributed by atoms with E-state index in [0.29, 0.717) is 52.0 Å². The zero-order valence-corrected chi connectivity index (χ0v) is 12.7. The lowest BCUT2D eigenvalue weighted by Gasteiger charge is -2.40. The number of carboxylic acid groups (broad SMARTS) is 1. The number of ether oxygens (including phenoxy) is 1. The van der Waals surface area contributed by atoms with Crippen molar-refractivity contribution in [3.8, 4) is 0 Å². The van der Waals surface area contributed by atoms with Crippen molar-refractivity contribution in [1.29, 1.82) is 0 Å². The van der Waals surface area contributed by atoms with Crippen molar-refractivity contribution in [1.82, 2.24) is 9.80 Å². The standard InChI is InChI=1S/C14H26N2O4/c1-4-14(12(17)18)6-8-16(9-7-14)13(19)15(5-2)10-11-20-3/h4-11H2,1-3H3,(H,17,18). The average Bonchev–Trinajstić information content (AvgIpc) is 2.47. The summed E-state index contributed by atoms with van der Waals surface area (Å²) in [7, 11) is 1.61. The Labute approximate surface area is 120 Å². The lowest BCUT2D eigenvalue weighted by Crippen LogP contribution is -2.51. The van der Waals surface area contributed by atoms with Gasteiger partial charge in [-0.2, -0.15) is 0 Å². The van der Waals surface area contributed by atoms with E-state index in [9.17, 15) is 14.7 Å². The number of piperidine rings is 1. The van der Waals surface area contributed by atoms with E-state index >= 15 is 0 Å². The van der Waals surface area contributed by atoms with Crippen LogP contribution in [0, 0.1) is 5.41 Å². The third-order valence-corrected chi connectivity index (χ3v) is 4.34. The highest BCUT2D eigenvalue weighted by Gasteiger charge is 2.41. The molecule has 0 saturated carbocycles. The Morgan fingerprint density at radius 3 is 2.30 bits per heavy atom. The van der Waals surface area contributed by atoms with E-state index < -0.39 is 11.4 Å². The van der Waals surface area contributed by atoms with Gasteiger partial charge in [0.1, 0.15) is 0 Å². The van der Waals surface area contributed by atoms with Crippen LogP contribution >= 0.6 is 0 Å². The molecule has 1 saturated heterocycles. The van der Waals surface area contributed by atoms with E-state index in [1.165, 1.54) is 0 Å². The Hall–Kier alpha value is -1.30. The van der Waals surface area contributed by atoms with Gasteiger partial charge in [-0.05, 0) is 26.2 Å². The molecule has 1 N–H and O–H groups in total. The third kappa shape index (κ3) is 3.62. The summed E-state index contributed by atoms with van der Waals surface area (Å²) in [6.07, 6.45) is 1.68. The maximum atomic E-state index is 12.4. The monoisotopic (exact) mass is 286 g/mol. The predicted molar refractivity (Wildman–Crippen MR) is 75.7 cm³/mol. The molecule has 0 spiro atoms. The van der Waals surface area contributed by atoms with Gasteiger partial charge < -0.3 is 19.6 Å². The summed E-state index contributed by atoms with van der Waals surface area (Å²) in [6.45, 7) is 6.59. The minimum Gasteiger partial charge on any atom is -0.481 e. The predicted octanol–water partition coefficient (Wildman–Crippen LogP) is 1.65. The van der Waals surface area contributed by atoms with Crippen molar-refractivity contribution >= 4 is 12.0 Å². The summed E-state index contributed by atoms with van der Waals surface area (Å²) >= 11 is 0. The van der Waals surface area contributed by atoms with E-state index in [1.807, 2.05) is 13.8 Å². The van der Waals surface area contributed by atoms with Crippen LogP contribution in [0.3, 0.4) is 0 Å². The Bertz CT molecular complexity index is 338. The summed E-state index contributed by atoms with van der Waals surface area (Å²) in [4.78, 5) is 27.2. The van der Waals surface area contributed by atoms with Crippen molar-refractivity contribution in [2.24, 2.45) is 5.41 Å². The van der Waals surface area contributed by atoms with Crippen molar-refractivity contribution in [2.45, 2.75) is 33.1 Å². The molecule has 1 fully saturated rings. The van der Waals surface area contributed by atoms with Crippen LogP contribution in [0.4, 0.5) is 4.79 Å². The van der Waals surface area contributed by atoms with E-state index in [-0.39, 0.29) is 6.03 Å². The molecule has 20 heavy (non-hydrogen) atoms. The molecular formula is C14H26N2O4. The smallest absolute Gasteiger partial charge is 0.320 e. The molecule has 0 aliphatic carbocycles. The van der Waals surface area contributed by atoms with E-state index in [0.717, 1.165) is 0 Å². The van der Waals surface area contributed by atoms with Crippen LogP contribution in [0.25, 0.3) is 0 Å². The number of methoxy groups -OCH3 is 1. The highest BCUT2D eigenvalue weighted by molar-refractivity contribution is 5.77. The summed E-state index contributed by atoms with van der Waals surface area (Å²) in [5, 5.41) is 9.35. The summed E-state index contributed by atoms with van der Waals surface area (Å²) in [5.74, 6) is -0.737. The number of aliphatic carboxylic acids is 1. The molecular weight excluding hydrogens is 260 g/mol. The number of carbonyl (C=O) groups excluding carboxylic acids is 1. The molecule has 0 bridgehead atoms. The van der Waals surface area contributed by atoms with Crippen LogP contribution in [0.1, 0.15) is 33.1 Å². The highest BCUT2D eigenvalue weighted by Crippen LogP contribution is 2.35. The van der Waals surface area contributed by atoms with Gasteiger partial charge in [-0.25, -0.2) is 4.79 Å². The largest absolute Gasteiger partial charge is 0.481 e. The quantitative estimate of drug-likeness (QED) is 0.806. The van der Waals surface area contributed by atoms with Crippen LogP contribution in [0.2, 0.25) is 0 Å². The van der Waals surface area contributed by atoms with Crippen molar-refractivity contribution in [3.05, 3.63) is 0 Å². The number of likely N-dealkylation sites (tertiary alicyclic amines) is 1. The Morgan fingerprint density at radius 2 is 1.90 bits per heavy atom. The number of urea groups is 1. The minimum atomic E-state index is -0.737. The highest BCUT2D eigenvalue weighted by atomic mass is 16.5. The second-order valence-electron chi connectivity index (χ2n) is 5.28. The Morgan fingerprint density at radius 1 is 1.30 bits per heavy atom. The first-order chi connectivity index (χ1) is 9.50. The van der Waals surface area contributed by atoms with Gasteiger partial charge >= 0.3 is 12.0 Å². The zero-order chi connectivity index (χ0) is 15.2. The molecule has 6 heteroatoms. The molecule has 2 amide bonds. The zero-order valence-electron chi connectivity index (χ0n) is 12.7. The molecule has 0 aromatic heterocycles. The molecule has 0 radical (unpaired) electrons.